The Morgan fingerprint density at radius 3 is 2.42 bits per heavy atom. The van der Waals surface area contributed by atoms with Gasteiger partial charge < -0.3 is 4.57 Å². The third-order valence-corrected chi connectivity index (χ3v) is 6.19. The molecule has 2 unspecified atom stereocenters. The highest BCUT2D eigenvalue weighted by Gasteiger charge is 2.60. The smallest absolute Gasteiger partial charge is 0.0955 e. The van der Waals surface area contributed by atoms with Gasteiger partial charge in [-0.05, 0) is 55.3 Å². The molecular formula is C16H23ClN2. The number of imidazole rings is 1. The molecule has 4 aliphatic carbocycles. The molecule has 4 aliphatic rings. The summed E-state index contributed by atoms with van der Waals surface area (Å²) >= 11 is 5.93. The van der Waals surface area contributed by atoms with Crippen LogP contribution in [0.25, 0.3) is 0 Å². The van der Waals surface area contributed by atoms with Crippen LogP contribution in [0.5, 0.6) is 0 Å². The number of hydrogen-bond acceptors (Lipinski definition) is 1. The lowest BCUT2D eigenvalue weighted by molar-refractivity contribution is -0.136. The van der Waals surface area contributed by atoms with Crippen molar-refractivity contribution in [3.63, 3.8) is 0 Å². The van der Waals surface area contributed by atoms with Gasteiger partial charge in [0, 0.05) is 11.7 Å². The second kappa shape index (κ2) is 3.58. The van der Waals surface area contributed by atoms with Crippen LogP contribution in [0.4, 0.5) is 0 Å². The zero-order valence-corrected chi connectivity index (χ0v) is 12.7. The van der Waals surface area contributed by atoms with E-state index in [9.17, 15) is 0 Å². The summed E-state index contributed by atoms with van der Waals surface area (Å²) < 4.78 is 2.42. The van der Waals surface area contributed by atoms with E-state index in [0.29, 0.717) is 22.2 Å². The number of hydrogen-bond donors (Lipinski definition) is 0. The topological polar surface area (TPSA) is 17.8 Å². The largest absolute Gasteiger partial charge is 0.331 e. The predicted octanol–water partition coefficient (Wildman–Crippen LogP) is 4.33. The van der Waals surface area contributed by atoms with Crippen molar-refractivity contribution in [2.24, 2.45) is 16.7 Å². The van der Waals surface area contributed by atoms with E-state index in [1.807, 2.05) is 6.33 Å². The maximum atomic E-state index is 5.93. The summed E-state index contributed by atoms with van der Waals surface area (Å²) in [5.41, 5.74) is 2.46. The molecule has 0 saturated heterocycles. The molecule has 1 aromatic rings. The molecule has 1 aromatic heterocycles. The molecule has 3 heteroatoms. The molecular weight excluding hydrogens is 256 g/mol. The number of aromatic nitrogens is 2. The normalized spacial score (nSPS) is 47.8. The van der Waals surface area contributed by atoms with Crippen molar-refractivity contribution < 1.29 is 0 Å². The Morgan fingerprint density at radius 2 is 1.89 bits per heavy atom. The summed E-state index contributed by atoms with van der Waals surface area (Å²) in [5, 5.41) is 0. The van der Waals surface area contributed by atoms with Crippen molar-refractivity contribution in [3.8, 4) is 0 Å². The third-order valence-electron chi connectivity index (χ3n) is 5.92. The predicted molar refractivity (Wildman–Crippen MR) is 77.2 cm³/mol. The van der Waals surface area contributed by atoms with Crippen LogP contribution in [0.3, 0.4) is 0 Å². The second-order valence-corrected chi connectivity index (χ2v) is 8.53. The fourth-order valence-electron chi connectivity index (χ4n) is 6.37. The molecule has 0 radical (unpaired) electrons. The van der Waals surface area contributed by atoms with E-state index >= 15 is 0 Å². The average Bonchev–Trinajstić information content (AvgIpc) is 2.72. The highest BCUT2D eigenvalue weighted by atomic mass is 35.5. The van der Waals surface area contributed by atoms with Crippen LogP contribution in [-0.2, 0) is 11.4 Å². The minimum absolute atomic E-state index is 0.334. The van der Waals surface area contributed by atoms with Gasteiger partial charge >= 0.3 is 0 Å². The van der Waals surface area contributed by atoms with Gasteiger partial charge in [-0.3, -0.25) is 0 Å². The lowest BCUT2D eigenvalue weighted by Crippen LogP contribution is -2.58. The minimum Gasteiger partial charge on any atom is -0.331 e. The van der Waals surface area contributed by atoms with Crippen LogP contribution in [0, 0.1) is 16.7 Å². The summed E-state index contributed by atoms with van der Waals surface area (Å²) in [6.45, 7) is 5.04. The Morgan fingerprint density at radius 1 is 1.21 bits per heavy atom. The van der Waals surface area contributed by atoms with E-state index in [-0.39, 0.29) is 0 Å². The molecule has 0 N–H and O–H groups in total. The minimum atomic E-state index is 0.334. The Labute approximate surface area is 120 Å². The molecule has 2 nitrogen and oxygen atoms in total. The lowest BCUT2D eigenvalue weighted by Gasteiger charge is -2.65. The second-order valence-electron chi connectivity index (χ2n) is 8.26. The van der Waals surface area contributed by atoms with Gasteiger partial charge in [-0.1, -0.05) is 13.8 Å². The van der Waals surface area contributed by atoms with E-state index < -0.39 is 0 Å². The number of alkyl halides is 1. The van der Waals surface area contributed by atoms with Crippen molar-refractivity contribution in [2.75, 3.05) is 0 Å². The Balaban J connectivity index is 1.78. The highest BCUT2D eigenvalue weighted by molar-refractivity contribution is 6.16. The fraction of sp³-hybridized carbons (Fsp3) is 0.812. The molecule has 0 aliphatic heterocycles. The zero-order valence-electron chi connectivity index (χ0n) is 12.0. The molecule has 0 amide bonds. The van der Waals surface area contributed by atoms with Crippen molar-refractivity contribution >= 4 is 11.6 Å². The first-order valence-corrected chi connectivity index (χ1v) is 8.07. The van der Waals surface area contributed by atoms with E-state index in [2.05, 4.69) is 29.6 Å². The third kappa shape index (κ3) is 1.72. The number of rotatable bonds is 2. The molecule has 4 fully saturated rings. The Bertz CT molecular complexity index is 503. The molecule has 0 aromatic carbocycles. The summed E-state index contributed by atoms with van der Waals surface area (Å²) in [7, 11) is 0. The SMILES string of the molecule is CC12CC3CC(C)(C1)CC(n1cnc(CCl)c1)(C3)C2. The quantitative estimate of drug-likeness (QED) is 0.737. The van der Waals surface area contributed by atoms with Crippen LogP contribution in [0.2, 0.25) is 0 Å². The number of halogens is 1. The monoisotopic (exact) mass is 278 g/mol. The fourth-order valence-corrected chi connectivity index (χ4v) is 6.51. The number of nitrogens with zero attached hydrogens (tertiary/aromatic N) is 2. The molecule has 2 atom stereocenters. The van der Waals surface area contributed by atoms with Gasteiger partial charge in [-0.2, -0.15) is 0 Å². The Kier molecular flexibility index (Phi) is 2.31. The lowest BCUT2D eigenvalue weighted by atomic mass is 9.42. The summed E-state index contributed by atoms with van der Waals surface area (Å²) in [6, 6.07) is 0. The van der Waals surface area contributed by atoms with Gasteiger partial charge in [-0.25, -0.2) is 4.98 Å². The van der Waals surface area contributed by atoms with Crippen LogP contribution >= 0.6 is 11.6 Å². The zero-order chi connectivity index (χ0) is 13.3. The van der Waals surface area contributed by atoms with Crippen LogP contribution in [-0.4, -0.2) is 9.55 Å². The van der Waals surface area contributed by atoms with Gasteiger partial charge in [0.05, 0.1) is 17.9 Å². The Hall–Kier alpha value is -0.500. The van der Waals surface area contributed by atoms with E-state index in [1.165, 1.54) is 38.5 Å². The van der Waals surface area contributed by atoms with Crippen LogP contribution in [0.15, 0.2) is 12.5 Å². The van der Waals surface area contributed by atoms with Gasteiger partial charge in [0.15, 0.2) is 0 Å². The molecule has 104 valence electrons. The van der Waals surface area contributed by atoms with Gasteiger partial charge in [0.1, 0.15) is 0 Å². The van der Waals surface area contributed by atoms with Crippen LogP contribution in [0.1, 0.15) is 58.1 Å². The van der Waals surface area contributed by atoms with Crippen molar-refractivity contribution in [2.45, 2.75) is 63.8 Å². The summed E-state index contributed by atoms with van der Waals surface area (Å²) in [5.74, 6) is 1.45. The molecule has 4 bridgehead atoms. The van der Waals surface area contributed by atoms with Gasteiger partial charge in [-0.15, -0.1) is 11.6 Å². The van der Waals surface area contributed by atoms with Crippen molar-refractivity contribution in [3.05, 3.63) is 18.2 Å². The molecule has 19 heavy (non-hydrogen) atoms. The van der Waals surface area contributed by atoms with Gasteiger partial charge in [0.25, 0.3) is 0 Å². The van der Waals surface area contributed by atoms with Crippen molar-refractivity contribution in [1.29, 1.82) is 0 Å². The summed E-state index contributed by atoms with van der Waals surface area (Å²) in [4.78, 5) is 4.47. The van der Waals surface area contributed by atoms with E-state index in [4.69, 9.17) is 11.6 Å². The highest BCUT2D eigenvalue weighted by Crippen LogP contribution is 2.68. The molecule has 0 spiro atoms. The summed E-state index contributed by atoms with van der Waals surface area (Å²) in [6.07, 6.45) is 12.6. The van der Waals surface area contributed by atoms with Gasteiger partial charge in [0.2, 0.25) is 0 Å². The first-order chi connectivity index (χ1) is 8.94. The maximum Gasteiger partial charge on any atom is 0.0955 e. The maximum absolute atomic E-state index is 5.93. The van der Waals surface area contributed by atoms with E-state index in [0.717, 1.165) is 11.6 Å². The average molecular weight is 279 g/mol. The molecule has 5 rings (SSSR count). The van der Waals surface area contributed by atoms with Crippen LogP contribution < -0.4 is 0 Å². The first kappa shape index (κ1) is 12.3. The molecule has 4 saturated carbocycles. The molecule has 1 heterocycles. The van der Waals surface area contributed by atoms with E-state index in [1.54, 1.807) is 0 Å². The van der Waals surface area contributed by atoms with Crippen molar-refractivity contribution in [1.82, 2.24) is 9.55 Å². The first-order valence-electron chi connectivity index (χ1n) is 7.54. The standard InChI is InChI=1S/C16H23ClN2/c1-14-3-12-4-15(2,8-14)10-16(5-12,9-14)19-7-13(6-17)18-11-19/h7,11-12H,3-6,8-10H2,1-2H3.